The number of hydrogen-bond acceptors (Lipinski definition) is 3. The van der Waals surface area contributed by atoms with Crippen LogP contribution in [-0.2, 0) is 6.54 Å². The van der Waals surface area contributed by atoms with Gasteiger partial charge in [0.1, 0.15) is 0 Å². The van der Waals surface area contributed by atoms with Gasteiger partial charge in [0.05, 0.1) is 5.69 Å². The van der Waals surface area contributed by atoms with Crippen LogP contribution in [-0.4, -0.2) is 16.0 Å². The Morgan fingerprint density at radius 3 is 2.64 bits per heavy atom. The van der Waals surface area contributed by atoms with Crippen LogP contribution in [0.2, 0.25) is 0 Å². The lowest BCUT2D eigenvalue weighted by molar-refractivity contribution is 0.248. The molecule has 0 atom stereocenters. The zero-order valence-electron chi connectivity index (χ0n) is 15.5. The maximum atomic E-state index is 12.0. The van der Waals surface area contributed by atoms with Crippen LogP contribution in [0.25, 0.3) is 22.2 Å². The van der Waals surface area contributed by atoms with E-state index in [1.54, 1.807) is 0 Å². The third-order valence-electron chi connectivity index (χ3n) is 4.47. The molecule has 2 amide bonds. The molecule has 4 N–H and O–H groups in total. The summed E-state index contributed by atoms with van der Waals surface area (Å²) in [5, 5.41) is 3.89. The van der Waals surface area contributed by atoms with Crippen molar-refractivity contribution in [1.82, 2.24) is 20.8 Å². The number of pyridine rings is 1. The molecule has 4 rings (SSSR count). The van der Waals surface area contributed by atoms with Gasteiger partial charge in [-0.2, -0.15) is 0 Å². The minimum absolute atomic E-state index is 0.320. The van der Waals surface area contributed by atoms with Crippen LogP contribution in [0.3, 0.4) is 0 Å². The number of aryl methyl sites for hydroxylation is 1. The largest absolute Gasteiger partial charge is 0.360 e. The zero-order valence-corrected chi connectivity index (χ0v) is 15.5. The van der Waals surface area contributed by atoms with Crippen molar-refractivity contribution in [1.29, 1.82) is 0 Å². The first-order valence-electron chi connectivity index (χ1n) is 9.08. The molecule has 0 fully saturated rings. The van der Waals surface area contributed by atoms with Gasteiger partial charge in [0, 0.05) is 40.6 Å². The van der Waals surface area contributed by atoms with Crippen molar-refractivity contribution in [2.24, 2.45) is 0 Å². The van der Waals surface area contributed by atoms with E-state index in [1.165, 1.54) is 0 Å². The summed E-state index contributed by atoms with van der Waals surface area (Å²) in [4.78, 5) is 20.1. The van der Waals surface area contributed by atoms with Gasteiger partial charge in [0.15, 0.2) is 0 Å². The molecule has 0 aliphatic carbocycles. The van der Waals surface area contributed by atoms with E-state index in [0.717, 1.165) is 39.1 Å². The topological polar surface area (TPSA) is 81.8 Å². The molecule has 0 aliphatic heterocycles. The van der Waals surface area contributed by atoms with Crippen LogP contribution in [0.1, 0.15) is 11.3 Å². The van der Waals surface area contributed by atoms with Crippen molar-refractivity contribution < 1.29 is 4.79 Å². The highest BCUT2D eigenvalue weighted by Crippen LogP contribution is 2.29. The number of carbonyl (C=O) groups is 1. The maximum Gasteiger partial charge on any atom is 0.333 e. The Balaban J connectivity index is 1.49. The molecule has 2 heterocycles. The quantitative estimate of drug-likeness (QED) is 0.393. The summed E-state index contributed by atoms with van der Waals surface area (Å²) in [6.45, 7) is 2.42. The van der Waals surface area contributed by atoms with Crippen LogP contribution in [0.5, 0.6) is 0 Å². The molecule has 4 aromatic rings. The Morgan fingerprint density at radius 2 is 1.79 bits per heavy atom. The van der Waals surface area contributed by atoms with Gasteiger partial charge in [-0.25, -0.2) is 10.2 Å². The molecule has 6 heteroatoms. The molecule has 0 spiro atoms. The lowest BCUT2D eigenvalue weighted by Gasteiger charge is -2.12. The molecule has 0 saturated carbocycles. The summed E-state index contributed by atoms with van der Waals surface area (Å²) < 4.78 is 0. The monoisotopic (exact) mass is 371 g/mol. The van der Waals surface area contributed by atoms with E-state index in [0.29, 0.717) is 6.54 Å². The van der Waals surface area contributed by atoms with Gasteiger partial charge < -0.3 is 10.3 Å². The highest BCUT2D eigenvalue weighted by Gasteiger charge is 2.12. The average Bonchev–Trinajstić information content (AvgIpc) is 3.14. The molecule has 140 valence electrons. The number of amides is 2. The first-order valence-corrected chi connectivity index (χ1v) is 9.08. The fourth-order valence-corrected chi connectivity index (χ4v) is 3.13. The molecule has 0 saturated heterocycles. The lowest BCUT2D eigenvalue weighted by Crippen LogP contribution is -2.39. The predicted molar refractivity (Wildman–Crippen MR) is 112 cm³/mol. The van der Waals surface area contributed by atoms with E-state index in [2.05, 4.69) is 27.2 Å². The number of para-hydroxylation sites is 2. The number of hydrazine groups is 1. The predicted octanol–water partition coefficient (Wildman–Crippen LogP) is 4.36. The normalized spacial score (nSPS) is 10.8. The fraction of sp³-hybridized carbons (Fsp3) is 0.0909. The third kappa shape index (κ3) is 3.87. The highest BCUT2D eigenvalue weighted by atomic mass is 16.2. The Kier molecular flexibility index (Phi) is 5.03. The smallest absolute Gasteiger partial charge is 0.333 e. The Morgan fingerprint density at radius 1 is 1.00 bits per heavy atom. The van der Waals surface area contributed by atoms with E-state index >= 15 is 0 Å². The number of benzene rings is 2. The van der Waals surface area contributed by atoms with Crippen molar-refractivity contribution in [3.8, 4) is 11.3 Å². The number of nitrogens with one attached hydrogen (secondary N) is 4. The molecule has 0 radical (unpaired) electrons. The molecule has 28 heavy (non-hydrogen) atoms. The Hall–Kier alpha value is -3.64. The van der Waals surface area contributed by atoms with Crippen molar-refractivity contribution in [2.75, 3.05) is 5.32 Å². The van der Waals surface area contributed by atoms with E-state index < -0.39 is 0 Å². The first-order chi connectivity index (χ1) is 13.7. The zero-order chi connectivity index (χ0) is 19.3. The van der Waals surface area contributed by atoms with E-state index in [9.17, 15) is 4.79 Å². The SMILES string of the molecule is Cc1ccc(CNNC(=O)Nc2ccccc2)c(-c2c[nH]c3ccccc23)n1. The van der Waals surface area contributed by atoms with Crippen LogP contribution in [0.4, 0.5) is 10.5 Å². The van der Waals surface area contributed by atoms with Crippen molar-refractivity contribution >= 4 is 22.6 Å². The van der Waals surface area contributed by atoms with Gasteiger partial charge in [-0.15, -0.1) is 0 Å². The van der Waals surface area contributed by atoms with Crippen LogP contribution in [0, 0.1) is 6.92 Å². The van der Waals surface area contributed by atoms with Crippen LogP contribution >= 0.6 is 0 Å². The molecular formula is C22H21N5O. The molecule has 6 nitrogen and oxygen atoms in total. The molecule has 2 aromatic heterocycles. The van der Waals surface area contributed by atoms with E-state index in [-0.39, 0.29) is 6.03 Å². The number of aromatic nitrogens is 2. The number of fused-ring (bicyclic) bond motifs is 1. The summed E-state index contributed by atoms with van der Waals surface area (Å²) in [5.74, 6) is 0. The summed E-state index contributed by atoms with van der Waals surface area (Å²) >= 11 is 0. The molecular weight excluding hydrogens is 350 g/mol. The van der Waals surface area contributed by atoms with E-state index in [4.69, 9.17) is 4.98 Å². The number of hydrogen-bond donors (Lipinski definition) is 4. The Labute approximate surface area is 163 Å². The van der Waals surface area contributed by atoms with Gasteiger partial charge in [-0.1, -0.05) is 42.5 Å². The van der Waals surface area contributed by atoms with E-state index in [1.807, 2.05) is 73.8 Å². The number of aromatic amines is 1. The first kappa shape index (κ1) is 17.8. The molecule has 2 aromatic carbocycles. The molecule has 0 bridgehead atoms. The van der Waals surface area contributed by atoms with Crippen molar-refractivity contribution in [3.05, 3.63) is 84.2 Å². The average molecular weight is 371 g/mol. The maximum absolute atomic E-state index is 12.0. The number of rotatable bonds is 5. The summed E-state index contributed by atoms with van der Waals surface area (Å²) in [5.41, 5.74) is 11.3. The number of anilines is 1. The summed E-state index contributed by atoms with van der Waals surface area (Å²) in [6, 6.07) is 21.1. The van der Waals surface area contributed by atoms with Gasteiger partial charge in [-0.05, 0) is 36.8 Å². The Bertz CT molecular complexity index is 1100. The number of H-pyrrole nitrogens is 1. The van der Waals surface area contributed by atoms with Crippen molar-refractivity contribution in [3.63, 3.8) is 0 Å². The second-order valence-electron chi connectivity index (χ2n) is 6.51. The highest BCUT2D eigenvalue weighted by molar-refractivity contribution is 5.95. The van der Waals surface area contributed by atoms with Gasteiger partial charge in [-0.3, -0.25) is 10.4 Å². The fourth-order valence-electron chi connectivity index (χ4n) is 3.13. The summed E-state index contributed by atoms with van der Waals surface area (Å²) in [7, 11) is 0. The number of carbonyl (C=O) groups excluding carboxylic acids is 1. The minimum Gasteiger partial charge on any atom is -0.360 e. The number of nitrogens with zero attached hydrogens (tertiary/aromatic N) is 1. The minimum atomic E-state index is -0.320. The molecule has 0 aliphatic rings. The second kappa shape index (κ2) is 7.94. The summed E-state index contributed by atoms with van der Waals surface area (Å²) in [6.07, 6.45) is 1.98. The van der Waals surface area contributed by atoms with Crippen LogP contribution < -0.4 is 16.2 Å². The third-order valence-corrected chi connectivity index (χ3v) is 4.47. The van der Waals surface area contributed by atoms with Crippen LogP contribution in [0.15, 0.2) is 72.9 Å². The lowest BCUT2D eigenvalue weighted by atomic mass is 10.0. The standard InChI is InChI=1S/C22H21N5O/c1-15-11-12-16(13-24-27-22(28)26-17-7-3-2-4-8-17)21(25-15)19-14-23-20-10-6-5-9-18(19)20/h2-12,14,23-24H,13H2,1H3,(H2,26,27,28). The van der Waals surface area contributed by atoms with Gasteiger partial charge in [0.2, 0.25) is 0 Å². The second-order valence-corrected chi connectivity index (χ2v) is 6.51. The van der Waals surface area contributed by atoms with Crippen molar-refractivity contribution in [2.45, 2.75) is 13.5 Å². The van der Waals surface area contributed by atoms with Gasteiger partial charge in [0.25, 0.3) is 0 Å². The number of urea groups is 1. The van der Waals surface area contributed by atoms with Gasteiger partial charge >= 0.3 is 6.03 Å². The molecule has 0 unspecified atom stereocenters.